The average molecular weight is 300 g/mol. The number of aryl methyl sites for hydroxylation is 3. The second-order valence-electron chi connectivity index (χ2n) is 6.59. The van der Waals surface area contributed by atoms with E-state index in [0.717, 1.165) is 23.9 Å². The maximum absolute atomic E-state index is 12.4. The molecule has 0 spiro atoms. The Labute approximate surface area is 131 Å². The highest BCUT2D eigenvalue weighted by molar-refractivity contribution is 5.89. The van der Waals surface area contributed by atoms with Gasteiger partial charge in [0, 0.05) is 24.2 Å². The zero-order valence-electron chi connectivity index (χ0n) is 13.8. The Morgan fingerprint density at radius 3 is 2.82 bits per heavy atom. The van der Waals surface area contributed by atoms with E-state index in [0.29, 0.717) is 13.2 Å². The van der Waals surface area contributed by atoms with Gasteiger partial charge in [0.25, 0.3) is 5.91 Å². The van der Waals surface area contributed by atoms with Crippen molar-refractivity contribution in [2.45, 2.75) is 52.7 Å². The first-order valence-electron chi connectivity index (χ1n) is 7.91. The second kappa shape index (κ2) is 5.43. The van der Waals surface area contributed by atoms with E-state index >= 15 is 0 Å². The van der Waals surface area contributed by atoms with Gasteiger partial charge < -0.3 is 15.0 Å². The fourth-order valence-electron chi connectivity index (χ4n) is 3.25. The summed E-state index contributed by atoms with van der Waals surface area (Å²) in [6, 6.07) is 4.33. The minimum absolute atomic E-state index is 0.0142. The van der Waals surface area contributed by atoms with Gasteiger partial charge in [-0.3, -0.25) is 4.79 Å². The summed E-state index contributed by atoms with van der Waals surface area (Å²) in [6.07, 6.45) is 1.75. The number of aromatic amines is 1. The van der Waals surface area contributed by atoms with E-state index in [1.165, 1.54) is 22.2 Å². The summed E-state index contributed by atoms with van der Waals surface area (Å²) in [4.78, 5) is 15.8. The van der Waals surface area contributed by atoms with Gasteiger partial charge in [-0.25, -0.2) is 0 Å². The Hall–Kier alpha value is -1.81. The fourth-order valence-corrected chi connectivity index (χ4v) is 3.25. The van der Waals surface area contributed by atoms with E-state index in [-0.39, 0.29) is 5.91 Å². The van der Waals surface area contributed by atoms with Crippen LogP contribution in [0.1, 0.15) is 42.1 Å². The molecule has 0 unspecified atom stereocenters. The van der Waals surface area contributed by atoms with E-state index in [2.05, 4.69) is 43.2 Å². The van der Waals surface area contributed by atoms with Gasteiger partial charge in [0.2, 0.25) is 0 Å². The molecule has 0 radical (unpaired) electrons. The molecule has 1 atom stereocenters. The van der Waals surface area contributed by atoms with Crippen LogP contribution in [0.15, 0.2) is 12.1 Å². The lowest BCUT2D eigenvalue weighted by Crippen LogP contribution is -2.43. The number of amides is 1. The molecule has 1 aliphatic rings. The summed E-state index contributed by atoms with van der Waals surface area (Å²) >= 11 is 0. The second-order valence-corrected chi connectivity index (χ2v) is 6.59. The molecule has 2 N–H and O–H groups in total. The van der Waals surface area contributed by atoms with Crippen molar-refractivity contribution in [3.05, 3.63) is 34.5 Å². The Bertz CT molecular complexity index is 724. The molecular formula is C18H24N2O2. The minimum atomic E-state index is -0.662. The van der Waals surface area contributed by atoms with Crippen molar-refractivity contribution in [2.75, 3.05) is 6.61 Å². The SMILES string of the molecule is Cc1cc(CNC(=O)[C@]2(C)CCCO2)c2[nH]c(C)c(C)c2c1. The Morgan fingerprint density at radius 2 is 2.14 bits per heavy atom. The van der Waals surface area contributed by atoms with Crippen LogP contribution < -0.4 is 5.32 Å². The van der Waals surface area contributed by atoms with Gasteiger partial charge >= 0.3 is 0 Å². The predicted octanol–water partition coefficient (Wildman–Crippen LogP) is 3.28. The molecule has 1 fully saturated rings. The average Bonchev–Trinajstić information content (AvgIpc) is 3.03. The summed E-state index contributed by atoms with van der Waals surface area (Å²) < 4.78 is 5.61. The van der Waals surface area contributed by atoms with Crippen LogP contribution in [0.2, 0.25) is 0 Å². The maximum Gasteiger partial charge on any atom is 0.252 e. The highest BCUT2D eigenvalue weighted by Crippen LogP contribution is 2.27. The van der Waals surface area contributed by atoms with Gasteiger partial charge in [-0.1, -0.05) is 11.6 Å². The molecule has 0 aliphatic carbocycles. The van der Waals surface area contributed by atoms with Crippen molar-refractivity contribution in [3.63, 3.8) is 0 Å². The third-order valence-corrected chi connectivity index (χ3v) is 4.78. The highest BCUT2D eigenvalue weighted by Gasteiger charge is 2.37. The zero-order valence-corrected chi connectivity index (χ0v) is 13.8. The number of carbonyl (C=O) groups is 1. The topological polar surface area (TPSA) is 54.1 Å². The molecule has 118 valence electrons. The van der Waals surface area contributed by atoms with Gasteiger partial charge in [0.15, 0.2) is 0 Å². The number of hydrogen-bond acceptors (Lipinski definition) is 2. The van der Waals surface area contributed by atoms with Crippen LogP contribution in [0, 0.1) is 20.8 Å². The fraction of sp³-hybridized carbons (Fsp3) is 0.500. The molecule has 2 aromatic rings. The lowest BCUT2D eigenvalue weighted by molar-refractivity contribution is -0.139. The number of benzene rings is 1. The lowest BCUT2D eigenvalue weighted by atomic mass is 10.0. The number of ether oxygens (including phenoxy) is 1. The first kappa shape index (κ1) is 15.1. The first-order chi connectivity index (χ1) is 10.4. The molecule has 3 rings (SSSR count). The molecule has 0 saturated carbocycles. The van der Waals surface area contributed by atoms with Gasteiger partial charge in [0.1, 0.15) is 5.60 Å². The van der Waals surface area contributed by atoms with E-state index in [9.17, 15) is 4.79 Å². The highest BCUT2D eigenvalue weighted by atomic mass is 16.5. The van der Waals surface area contributed by atoms with Gasteiger partial charge in [-0.15, -0.1) is 0 Å². The third-order valence-electron chi connectivity index (χ3n) is 4.78. The van der Waals surface area contributed by atoms with Crippen molar-refractivity contribution in [2.24, 2.45) is 0 Å². The van der Waals surface area contributed by atoms with Crippen LogP contribution in [0.3, 0.4) is 0 Å². The van der Waals surface area contributed by atoms with Crippen LogP contribution in [0.25, 0.3) is 10.9 Å². The van der Waals surface area contributed by atoms with Crippen molar-refractivity contribution in [1.29, 1.82) is 0 Å². The number of nitrogens with one attached hydrogen (secondary N) is 2. The van der Waals surface area contributed by atoms with Gasteiger partial charge in [0.05, 0.1) is 5.52 Å². The van der Waals surface area contributed by atoms with E-state index < -0.39 is 5.60 Å². The summed E-state index contributed by atoms with van der Waals surface area (Å²) in [7, 11) is 0. The molecule has 1 aromatic carbocycles. The minimum Gasteiger partial charge on any atom is -0.365 e. The van der Waals surface area contributed by atoms with Crippen LogP contribution in [0.4, 0.5) is 0 Å². The quantitative estimate of drug-likeness (QED) is 0.914. The molecule has 2 heterocycles. The molecule has 1 saturated heterocycles. The first-order valence-corrected chi connectivity index (χ1v) is 7.91. The van der Waals surface area contributed by atoms with Crippen LogP contribution >= 0.6 is 0 Å². The van der Waals surface area contributed by atoms with Gasteiger partial charge in [-0.05, 0) is 57.7 Å². The molecule has 0 bridgehead atoms. The molecule has 1 aliphatic heterocycles. The molecule has 22 heavy (non-hydrogen) atoms. The van der Waals surface area contributed by atoms with E-state index in [1.807, 2.05) is 6.92 Å². The van der Waals surface area contributed by atoms with Crippen LogP contribution in [-0.4, -0.2) is 23.1 Å². The van der Waals surface area contributed by atoms with Crippen LogP contribution in [0.5, 0.6) is 0 Å². The normalized spacial score (nSPS) is 21.5. The van der Waals surface area contributed by atoms with Crippen LogP contribution in [-0.2, 0) is 16.1 Å². The molecule has 4 nitrogen and oxygen atoms in total. The number of aromatic nitrogens is 1. The summed E-state index contributed by atoms with van der Waals surface area (Å²) in [5.41, 5.74) is 5.25. The number of fused-ring (bicyclic) bond motifs is 1. The molecule has 1 amide bonds. The number of hydrogen-bond donors (Lipinski definition) is 2. The molecule has 1 aromatic heterocycles. The number of rotatable bonds is 3. The number of H-pyrrole nitrogens is 1. The monoisotopic (exact) mass is 300 g/mol. The Kier molecular flexibility index (Phi) is 3.73. The van der Waals surface area contributed by atoms with Crippen molar-refractivity contribution in [3.8, 4) is 0 Å². The summed E-state index contributed by atoms with van der Waals surface area (Å²) in [6.45, 7) is 9.38. The predicted molar refractivity (Wildman–Crippen MR) is 87.9 cm³/mol. The maximum atomic E-state index is 12.4. The van der Waals surface area contributed by atoms with Crippen molar-refractivity contribution in [1.82, 2.24) is 10.3 Å². The lowest BCUT2D eigenvalue weighted by Gasteiger charge is -2.22. The van der Waals surface area contributed by atoms with Crippen molar-refractivity contribution < 1.29 is 9.53 Å². The largest absolute Gasteiger partial charge is 0.365 e. The molecular weight excluding hydrogens is 276 g/mol. The Morgan fingerprint density at radius 1 is 1.36 bits per heavy atom. The number of carbonyl (C=O) groups excluding carboxylic acids is 1. The standard InChI is InChI=1S/C18H24N2O2/c1-11-8-14(16-15(9-11)12(2)13(3)20-16)10-19-17(21)18(4)6-5-7-22-18/h8-9,20H,5-7,10H2,1-4H3,(H,19,21)/t18-/m0/s1. The zero-order chi connectivity index (χ0) is 15.9. The smallest absolute Gasteiger partial charge is 0.252 e. The van der Waals surface area contributed by atoms with E-state index in [4.69, 9.17) is 4.74 Å². The summed E-state index contributed by atoms with van der Waals surface area (Å²) in [5.74, 6) is -0.0142. The van der Waals surface area contributed by atoms with Crippen molar-refractivity contribution >= 4 is 16.8 Å². The molecule has 4 heteroatoms. The van der Waals surface area contributed by atoms with Gasteiger partial charge in [-0.2, -0.15) is 0 Å². The third kappa shape index (κ3) is 2.52. The summed E-state index contributed by atoms with van der Waals surface area (Å²) in [5, 5.41) is 4.29. The Balaban J connectivity index is 1.85. The van der Waals surface area contributed by atoms with E-state index in [1.54, 1.807) is 0 Å².